The molecule has 26 heavy (non-hydrogen) atoms. The molecular formula is C21H26N2O3. The van der Waals surface area contributed by atoms with Gasteiger partial charge in [-0.25, -0.2) is 0 Å². The van der Waals surface area contributed by atoms with Crippen molar-refractivity contribution in [2.45, 2.75) is 44.2 Å². The molecule has 1 fully saturated rings. The summed E-state index contributed by atoms with van der Waals surface area (Å²) >= 11 is 0. The summed E-state index contributed by atoms with van der Waals surface area (Å²) in [7, 11) is 1.76. The molecule has 4 rings (SSSR count). The molecule has 1 saturated heterocycles. The number of furan rings is 1. The van der Waals surface area contributed by atoms with Crippen molar-refractivity contribution >= 4 is 5.91 Å². The van der Waals surface area contributed by atoms with Gasteiger partial charge >= 0.3 is 0 Å². The molecule has 5 heteroatoms. The highest BCUT2D eigenvalue weighted by atomic mass is 16.5. The number of ether oxygens (including phenoxy) is 1. The number of hydrogen-bond donors (Lipinski definition) is 2. The van der Waals surface area contributed by atoms with Gasteiger partial charge in [-0.3, -0.25) is 4.79 Å². The molecule has 0 bridgehead atoms. The molecule has 0 radical (unpaired) electrons. The number of benzene rings is 1. The lowest BCUT2D eigenvalue weighted by Crippen LogP contribution is -2.49. The third-order valence-corrected chi connectivity index (χ3v) is 6.00. The standard InChI is InChI=1S/C21H26N2O3/c1-13-12-16(14(2)26-13)20(24)23-18-15-6-4-5-7-17(15)21(19(18)25-3)8-10-22-11-9-21/h4-7,12,18-19,22H,8-11H2,1-3H3,(H,23,24). The van der Waals surface area contributed by atoms with Gasteiger partial charge in [-0.05, 0) is 57.0 Å². The monoisotopic (exact) mass is 354 g/mol. The predicted octanol–water partition coefficient (Wildman–Crippen LogP) is 3.02. The smallest absolute Gasteiger partial charge is 0.255 e. The Hall–Kier alpha value is -2.11. The zero-order chi connectivity index (χ0) is 18.3. The van der Waals surface area contributed by atoms with Crippen LogP contribution in [0, 0.1) is 13.8 Å². The number of hydrogen-bond acceptors (Lipinski definition) is 4. The molecule has 2 heterocycles. The number of carbonyl (C=O) groups is 1. The number of rotatable bonds is 3. The summed E-state index contributed by atoms with van der Waals surface area (Å²) in [4.78, 5) is 12.9. The average Bonchev–Trinajstić information content (AvgIpc) is 3.11. The van der Waals surface area contributed by atoms with Crippen LogP contribution in [0.3, 0.4) is 0 Å². The summed E-state index contributed by atoms with van der Waals surface area (Å²) in [6.07, 6.45) is 1.96. The fraction of sp³-hybridized carbons (Fsp3) is 0.476. The summed E-state index contributed by atoms with van der Waals surface area (Å²) in [5, 5.41) is 6.68. The van der Waals surface area contributed by atoms with Crippen LogP contribution in [0.25, 0.3) is 0 Å². The van der Waals surface area contributed by atoms with Crippen molar-refractivity contribution in [3.8, 4) is 0 Å². The molecule has 1 aliphatic carbocycles. The van der Waals surface area contributed by atoms with E-state index in [9.17, 15) is 4.79 Å². The van der Waals surface area contributed by atoms with Crippen molar-refractivity contribution < 1.29 is 13.9 Å². The van der Waals surface area contributed by atoms with E-state index in [1.807, 2.05) is 19.9 Å². The van der Waals surface area contributed by atoms with Gasteiger partial charge in [0.05, 0.1) is 17.7 Å². The maximum absolute atomic E-state index is 12.9. The number of methoxy groups -OCH3 is 1. The average molecular weight is 354 g/mol. The van der Waals surface area contributed by atoms with E-state index >= 15 is 0 Å². The van der Waals surface area contributed by atoms with E-state index in [-0.39, 0.29) is 23.5 Å². The van der Waals surface area contributed by atoms with Crippen LogP contribution in [-0.2, 0) is 10.2 Å². The fourth-order valence-electron chi connectivity index (χ4n) is 4.87. The number of piperidine rings is 1. The van der Waals surface area contributed by atoms with Gasteiger partial charge in [0.25, 0.3) is 5.91 Å². The topological polar surface area (TPSA) is 63.5 Å². The number of fused-ring (bicyclic) bond motifs is 2. The molecule has 2 atom stereocenters. The summed E-state index contributed by atoms with van der Waals surface area (Å²) in [5.41, 5.74) is 3.04. The van der Waals surface area contributed by atoms with Gasteiger partial charge in [0.1, 0.15) is 11.5 Å². The maximum atomic E-state index is 12.9. The molecule has 1 aliphatic heterocycles. The van der Waals surface area contributed by atoms with Crippen LogP contribution in [0.1, 0.15) is 51.9 Å². The van der Waals surface area contributed by atoms with Gasteiger partial charge in [0.15, 0.2) is 0 Å². The van der Waals surface area contributed by atoms with Crippen LogP contribution >= 0.6 is 0 Å². The van der Waals surface area contributed by atoms with Crippen LogP contribution in [0.4, 0.5) is 0 Å². The van der Waals surface area contributed by atoms with E-state index in [0.717, 1.165) is 31.7 Å². The van der Waals surface area contributed by atoms with Crippen LogP contribution < -0.4 is 10.6 Å². The Morgan fingerprint density at radius 1 is 1.27 bits per heavy atom. The predicted molar refractivity (Wildman–Crippen MR) is 99.4 cm³/mol. The van der Waals surface area contributed by atoms with E-state index in [0.29, 0.717) is 11.3 Å². The third kappa shape index (κ3) is 2.58. The highest BCUT2D eigenvalue weighted by Gasteiger charge is 2.53. The van der Waals surface area contributed by atoms with E-state index in [4.69, 9.17) is 9.15 Å². The number of aryl methyl sites for hydroxylation is 2. The lowest BCUT2D eigenvalue weighted by atomic mass is 9.72. The first kappa shape index (κ1) is 17.3. The largest absolute Gasteiger partial charge is 0.466 e. The molecule has 1 aromatic carbocycles. The third-order valence-electron chi connectivity index (χ3n) is 6.00. The molecule has 138 valence electrons. The van der Waals surface area contributed by atoms with E-state index < -0.39 is 0 Å². The lowest BCUT2D eigenvalue weighted by Gasteiger charge is -2.40. The van der Waals surface area contributed by atoms with Gasteiger partial charge in [0, 0.05) is 12.5 Å². The van der Waals surface area contributed by atoms with Crippen LogP contribution in [-0.4, -0.2) is 32.2 Å². The number of amides is 1. The molecule has 2 unspecified atom stereocenters. The highest BCUT2D eigenvalue weighted by Crippen LogP contribution is 2.51. The van der Waals surface area contributed by atoms with E-state index in [1.54, 1.807) is 13.2 Å². The minimum atomic E-state index is -0.156. The van der Waals surface area contributed by atoms with Gasteiger partial charge < -0.3 is 19.8 Å². The first-order valence-corrected chi connectivity index (χ1v) is 9.27. The van der Waals surface area contributed by atoms with Crippen molar-refractivity contribution in [1.29, 1.82) is 0 Å². The SMILES string of the molecule is COC1C(NC(=O)c2cc(C)oc2C)c2ccccc2C12CCNCC2. The van der Waals surface area contributed by atoms with E-state index in [2.05, 4.69) is 28.8 Å². The van der Waals surface area contributed by atoms with Crippen molar-refractivity contribution in [2.75, 3.05) is 20.2 Å². The Bertz CT molecular complexity index is 820. The van der Waals surface area contributed by atoms with Crippen molar-refractivity contribution in [2.24, 2.45) is 0 Å². The number of carbonyl (C=O) groups excluding carboxylic acids is 1. The lowest BCUT2D eigenvalue weighted by molar-refractivity contribution is 0.00395. The fourth-order valence-corrected chi connectivity index (χ4v) is 4.87. The summed E-state index contributed by atoms with van der Waals surface area (Å²) in [5.74, 6) is 1.29. The highest BCUT2D eigenvalue weighted by molar-refractivity contribution is 5.95. The second-order valence-electron chi connectivity index (χ2n) is 7.43. The Morgan fingerprint density at radius 2 is 2.00 bits per heavy atom. The van der Waals surface area contributed by atoms with Gasteiger partial charge in [0.2, 0.25) is 0 Å². The minimum Gasteiger partial charge on any atom is -0.466 e. The summed E-state index contributed by atoms with van der Waals surface area (Å²) in [6.45, 7) is 5.62. The Kier molecular flexibility index (Phi) is 4.37. The number of nitrogens with one attached hydrogen (secondary N) is 2. The zero-order valence-electron chi connectivity index (χ0n) is 15.6. The Morgan fingerprint density at radius 3 is 2.65 bits per heavy atom. The second kappa shape index (κ2) is 6.56. The molecule has 1 amide bonds. The van der Waals surface area contributed by atoms with E-state index in [1.165, 1.54) is 11.1 Å². The Labute approximate surface area is 154 Å². The summed E-state index contributed by atoms with van der Waals surface area (Å²) in [6, 6.07) is 10.1. The molecule has 0 saturated carbocycles. The zero-order valence-corrected chi connectivity index (χ0v) is 15.6. The quantitative estimate of drug-likeness (QED) is 0.889. The molecule has 1 aromatic heterocycles. The first-order valence-electron chi connectivity index (χ1n) is 9.27. The molecule has 1 spiro atoms. The first-order chi connectivity index (χ1) is 12.6. The second-order valence-corrected chi connectivity index (χ2v) is 7.43. The maximum Gasteiger partial charge on any atom is 0.255 e. The van der Waals surface area contributed by atoms with Crippen LogP contribution in [0.2, 0.25) is 0 Å². The Balaban J connectivity index is 1.71. The van der Waals surface area contributed by atoms with Crippen molar-refractivity contribution in [3.05, 3.63) is 58.5 Å². The molecule has 5 nitrogen and oxygen atoms in total. The van der Waals surface area contributed by atoms with Gasteiger partial charge in [-0.1, -0.05) is 24.3 Å². The normalized spacial score (nSPS) is 23.8. The minimum absolute atomic E-state index is 0.0457. The van der Waals surface area contributed by atoms with Gasteiger partial charge in [-0.15, -0.1) is 0 Å². The van der Waals surface area contributed by atoms with Crippen molar-refractivity contribution in [3.63, 3.8) is 0 Å². The molecular weight excluding hydrogens is 328 g/mol. The summed E-state index contributed by atoms with van der Waals surface area (Å²) < 4.78 is 11.5. The van der Waals surface area contributed by atoms with Gasteiger partial charge in [-0.2, -0.15) is 0 Å². The molecule has 2 aromatic rings. The molecule has 2 N–H and O–H groups in total. The van der Waals surface area contributed by atoms with Crippen LogP contribution in [0.15, 0.2) is 34.7 Å². The van der Waals surface area contributed by atoms with Crippen molar-refractivity contribution in [1.82, 2.24) is 10.6 Å². The van der Waals surface area contributed by atoms with Crippen LogP contribution in [0.5, 0.6) is 0 Å². The molecule has 2 aliphatic rings.